The maximum Gasteiger partial charge on any atom is 0.303 e. The molecule has 0 aliphatic carbocycles. The summed E-state index contributed by atoms with van der Waals surface area (Å²) in [5.41, 5.74) is 1.01. The molecule has 0 saturated heterocycles. The summed E-state index contributed by atoms with van der Waals surface area (Å²) in [6.07, 6.45) is 0.125. The van der Waals surface area contributed by atoms with Gasteiger partial charge < -0.3 is 19.9 Å². The van der Waals surface area contributed by atoms with Crippen LogP contribution in [0.3, 0.4) is 0 Å². The number of nitrogens with one attached hydrogen (secondary N) is 1. The Balaban J connectivity index is 2.20. The van der Waals surface area contributed by atoms with Crippen molar-refractivity contribution < 1.29 is 19.4 Å². The maximum absolute atomic E-state index is 10.8. The highest BCUT2D eigenvalue weighted by molar-refractivity contribution is 5.67. The van der Waals surface area contributed by atoms with Gasteiger partial charge in [-0.15, -0.1) is 0 Å². The lowest BCUT2D eigenvalue weighted by Crippen LogP contribution is -2.25. The predicted molar refractivity (Wildman–Crippen MR) is 70.6 cm³/mol. The lowest BCUT2D eigenvalue weighted by atomic mass is 9.92. The topological polar surface area (TPSA) is 67.8 Å². The standard InChI is InChI=1S/C14H19NO4/c1-9(7-13(16)17)14(15-2)10-3-4-11-12(8-10)19-6-5-18-11/h3-4,8-9,14-15H,5-7H2,1-2H3,(H,16,17). The molecule has 2 N–H and O–H groups in total. The smallest absolute Gasteiger partial charge is 0.303 e. The molecule has 5 heteroatoms. The number of benzene rings is 1. The number of aliphatic carboxylic acids is 1. The Morgan fingerprint density at radius 2 is 2.05 bits per heavy atom. The van der Waals surface area contributed by atoms with Crippen LogP contribution in [0.4, 0.5) is 0 Å². The number of hydrogen-bond acceptors (Lipinski definition) is 4. The predicted octanol–water partition coefficient (Wildman–Crippen LogP) is 1.83. The fourth-order valence-electron chi connectivity index (χ4n) is 2.43. The first-order chi connectivity index (χ1) is 9.11. The lowest BCUT2D eigenvalue weighted by molar-refractivity contribution is -0.138. The molecule has 2 atom stereocenters. The Morgan fingerprint density at radius 3 is 2.68 bits per heavy atom. The zero-order valence-electron chi connectivity index (χ0n) is 11.2. The number of rotatable bonds is 5. The van der Waals surface area contributed by atoms with E-state index in [1.54, 1.807) is 0 Å². The van der Waals surface area contributed by atoms with Gasteiger partial charge in [0.2, 0.25) is 0 Å². The Hall–Kier alpha value is -1.75. The normalized spacial score (nSPS) is 16.7. The first-order valence-electron chi connectivity index (χ1n) is 6.40. The highest BCUT2D eigenvalue weighted by atomic mass is 16.6. The Kier molecular flexibility index (Phi) is 4.27. The fraction of sp³-hybridized carbons (Fsp3) is 0.500. The lowest BCUT2D eigenvalue weighted by Gasteiger charge is -2.25. The first-order valence-corrected chi connectivity index (χ1v) is 6.40. The van der Waals surface area contributed by atoms with Crippen molar-refractivity contribution in [3.63, 3.8) is 0 Å². The van der Waals surface area contributed by atoms with Crippen LogP contribution < -0.4 is 14.8 Å². The molecule has 1 aliphatic heterocycles. The van der Waals surface area contributed by atoms with Gasteiger partial charge in [-0.25, -0.2) is 0 Å². The third-order valence-electron chi connectivity index (χ3n) is 3.30. The third kappa shape index (κ3) is 3.17. The number of ether oxygens (including phenoxy) is 2. The van der Waals surface area contributed by atoms with E-state index < -0.39 is 5.97 Å². The fourth-order valence-corrected chi connectivity index (χ4v) is 2.43. The van der Waals surface area contributed by atoms with E-state index in [2.05, 4.69) is 5.32 Å². The molecule has 104 valence electrons. The molecule has 2 unspecified atom stereocenters. The molecular formula is C14H19NO4. The monoisotopic (exact) mass is 265 g/mol. The molecule has 0 bridgehead atoms. The minimum atomic E-state index is -0.787. The second kappa shape index (κ2) is 5.93. The maximum atomic E-state index is 10.8. The Labute approximate surface area is 112 Å². The molecule has 2 rings (SSSR count). The molecule has 0 aromatic heterocycles. The number of carboxylic acid groups (broad SMARTS) is 1. The second-order valence-electron chi connectivity index (χ2n) is 4.74. The highest BCUT2D eigenvalue weighted by Gasteiger charge is 2.22. The SMILES string of the molecule is CNC(c1ccc2c(c1)OCCO2)C(C)CC(=O)O. The molecule has 5 nitrogen and oxygen atoms in total. The summed E-state index contributed by atoms with van der Waals surface area (Å²) >= 11 is 0. The van der Waals surface area contributed by atoms with Crippen molar-refractivity contribution in [1.29, 1.82) is 0 Å². The highest BCUT2D eigenvalue weighted by Crippen LogP contribution is 2.34. The second-order valence-corrected chi connectivity index (χ2v) is 4.74. The van der Waals surface area contributed by atoms with Gasteiger partial charge in [-0.1, -0.05) is 13.0 Å². The van der Waals surface area contributed by atoms with E-state index in [9.17, 15) is 4.79 Å². The van der Waals surface area contributed by atoms with Crippen LogP contribution in [-0.2, 0) is 4.79 Å². The average Bonchev–Trinajstić information content (AvgIpc) is 2.38. The van der Waals surface area contributed by atoms with Crippen LogP contribution in [0.2, 0.25) is 0 Å². The van der Waals surface area contributed by atoms with Crippen molar-refractivity contribution in [2.45, 2.75) is 19.4 Å². The molecular weight excluding hydrogens is 246 g/mol. The first kappa shape index (κ1) is 13.7. The van der Waals surface area contributed by atoms with Crippen LogP contribution in [0.5, 0.6) is 11.5 Å². The zero-order chi connectivity index (χ0) is 13.8. The van der Waals surface area contributed by atoms with Crippen LogP contribution in [0.15, 0.2) is 18.2 Å². The van der Waals surface area contributed by atoms with Gasteiger partial charge >= 0.3 is 5.97 Å². The van der Waals surface area contributed by atoms with Crippen molar-refractivity contribution >= 4 is 5.97 Å². The van der Waals surface area contributed by atoms with Crippen LogP contribution in [0.1, 0.15) is 24.9 Å². The van der Waals surface area contributed by atoms with E-state index in [-0.39, 0.29) is 18.4 Å². The van der Waals surface area contributed by atoms with E-state index in [0.29, 0.717) is 13.2 Å². The van der Waals surface area contributed by atoms with Crippen LogP contribution in [-0.4, -0.2) is 31.3 Å². The molecule has 1 aliphatic rings. The van der Waals surface area contributed by atoms with Crippen molar-refractivity contribution in [2.24, 2.45) is 5.92 Å². The van der Waals surface area contributed by atoms with Gasteiger partial charge in [-0.2, -0.15) is 0 Å². The molecule has 19 heavy (non-hydrogen) atoms. The van der Waals surface area contributed by atoms with Crippen molar-refractivity contribution in [3.8, 4) is 11.5 Å². The number of carbonyl (C=O) groups is 1. The van der Waals surface area contributed by atoms with Gasteiger partial charge in [0.1, 0.15) is 13.2 Å². The number of fused-ring (bicyclic) bond motifs is 1. The molecule has 0 spiro atoms. The molecule has 1 aromatic carbocycles. The van der Waals surface area contributed by atoms with E-state index in [1.165, 1.54) is 0 Å². The molecule has 1 heterocycles. The van der Waals surface area contributed by atoms with Gasteiger partial charge in [-0.3, -0.25) is 4.79 Å². The van der Waals surface area contributed by atoms with Crippen molar-refractivity contribution in [2.75, 3.05) is 20.3 Å². The molecule has 0 radical (unpaired) electrons. The average molecular weight is 265 g/mol. The van der Waals surface area contributed by atoms with E-state index in [0.717, 1.165) is 17.1 Å². The van der Waals surface area contributed by atoms with E-state index >= 15 is 0 Å². The third-order valence-corrected chi connectivity index (χ3v) is 3.30. The Bertz CT molecular complexity index is 461. The van der Waals surface area contributed by atoms with Gasteiger partial charge in [0, 0.05) is 12.5 Å². The molecule has 0 fully saturated rings. The number of hydrogen-bond donors (Lipinski definition) is 2. The van der Waals surface area contributed by atoms with E-state index in [4.69, 9.17) is 14.6 Å². The summed E-state index contributed by atoms with van der Waals surface area (Å²) < 4.78 is 11.0. The Morgan fingerprint density at radius 1 is 1.37 bits per heavy atom. The largest absolute Gasteiger partial charge is 0.486 e. The summed E-state index contributed by atoms with van der Waals surface area (Å²) in [6.45, 7) is 3.04. The van der Waals surface area contributed by atoms with Gasteiger partial charge in [0.05, 0.1) is 0 Å². The van der Waals surface area contributed by atoms with Crippen LogP contribution in [0.25, 0.3) is 0 Å². The summed E-state index contributed by atoms with van der Waals surface area (Å²) in [5, 5.41) is 12.1. The van der Waals surface area contributed by atoms with Crippen LogP contribution >= 0.6 is 0 Å². The van der Waals surface area contributed by atoms with Gasteiger partial charge in [0.15, 0.2) is 11.5 Å². The van der Waals surface area contributed by atoms with Crippen molar-refractivity contribution in [3.05, 3.63) is 23.8 Å². The van der Waals surface area contributed by atoms with Gasteiger partial charge in [-0.05, 0) is 30.7 Å². The zero-order valence-corrected chi connectivity index (χ0v) is 11.2. The van der Waals surface area contributed by atoms with Crippen molar-refractivity contribution in [1.82, 2.24) is 5.32 Å². The number of carboxylic acids is 1. The summed E-state index contributed by atoms with van der Waals surface area (Å²) in [7, 11) is 1.83. The molecule has 1 aromatic rings. The summed E-state index contributed by atoms with van der Waals surface area (Å²) in [5.74, 6) is 0.678. The molecule has 0 saturated carbocycles. The minimum absolute atomic E-state index is 0.00920. The van der Waals surface area contributed by atoms with E-state index in [1.807, 2.05) is 32.2 Å². The summed E-state index contributed by atoms with van der Waals surface area (Å²) in [6, 6.07) is 5.73. The minimum Gasteiger partial charge on any atom is -0.486 e. The van der Waals surface area contributed by atoms with Gasteiger partial charge in [0.25, 0.3) is 0 Å². The quantitative estimate of drug-likeness (QED) is 0.850. The summed E-state index contributed by atoms with van der Waals surface area (Å²) in [4.78, 5) is 10.8. The van der Waals surface area contributed by atoms with Crippen LogP contribution in [0, 0.1) is 5.92 Å². The molecule has 0 amide bonds.